The molecule has 1 aliphatic rings. The molecule has 0 fully saturated rings. The predicted octanol–water partition coefficient (Wildman–Crippen LogP) is 4.17. The molecule has 2 unspecified atom stereocenters. The highest BCUT2D eigenvalue weighted by Gasteiger charge is 2.34. The number of amidine groups is 1. The molecule has 0 bridgehead atoms. The third-order valence-electron chi connectivity index (χ3n) is 7.73. The van der Waals surface area contributed by atoms with Crippen molar-refractivity contribution in [3.63, 3.8) is 0 Å². The van der Waals surface area contributed by atoms with E-state index in [4.69, 9.17) is 28.1 Å². The summed E-state index contributed by atoms with van der Waals surface area (Å²) in [5, 5.41) is 13.6. The first-order valence-corrected chi connectivity index (χ1v) is 14.1. The number of nitrogens with one attached hydrogen (secondary N) is 1. The van der Waals surface area contributed by atoms with E-state index in [-0.39, 0.29) is 36.5 Å². The van der Waals surface area contributed by atoms with Gasteiger partial charge in [-0.25, -0.2) is 4.79 Å². The molecule has 0 aliphatic carbocycles. The first-order chi connectivity index (χ1) is 19.8. The summed E-state index contributed by atoms with van der Waals surface area (Å²) in [4.78, 5) is 44.0. The molecular formula is C32H36ClN5O4. The number of benzene rings is 3. The summed E-state index contributed by atoms with van der Waals surface area (Å²) in [6, 6.07) is 15.8. The lowest BCUT2D eigenvalue weighted by molar-refractivity contribution is -0.134. The van der Waals surface area contributed by atoms with E-state index in [1.165, 1.54) is 6.07 Å². The van der Waals surface area contributed by atoms with Crippen LogP contribution in [0, 0.1) is 13.8 Å². The number of carbonyl (C=O) groups is 3. The van der Waals surface area contributed by atoms with Gasteiger partial charge in [-0.1, -0.05) is 35.9 Å². The molecule has 2 amide bonds. The van der Waals surface area contributed by atoms with Gasteiger partial charge in [0.05, 0.1) is 29.7 Å². The van der Waals surface area contributed by atoms with Crippen LogP contribution in [0.5, 0.6) is 0 Å². The Morgan fingerprint density at radius 1 is 1.05 bits per heavy atom. The lowest BCUT2D eigenvalue weighted by Gasteiger charge is -2.32. The SMILES string of the molecule is Cc1cc(C(N)=O)cc(C)c1C[C@H](N)C(=O)N(Cc1cccc(C(=O)O)c1)[C@@H](C)C1=NC(c2ccc(Cl)cc2)C(C)N1. The van der Waals surface area contributed by atoms with Crippen molar-refractivity contribution in [2.45, 2.75) is 64.8 Å². The Morgan fingerprint density at radius 3 is 2.29 bits per heavy atom. The van der Waals surface area contributed by atoms with Crippen LogP contribution in [0.15, 0.2) is 65.7 Å². The van der Waals surface area contributed by atoms with Crippen LogP contribution in [-0.2, 0) is 17.8 Å². The van der Waals surface area contributed by atoms with Crippen molar-refractivity contribution >= 4 is 35.2 Å². The number of aryl methyl sites for hydroxylation is 2. The number of carboxylic acid groups (broad SMARTS) is 1. The van der Waals surface area contributed by atoms with Gasteiger partial charge in [0.2, 0.25) is 11.8 Å². The van der Waals surface area contributed by atoms with E-state index in [0.29, 0.717) is 22.0 Å². The fourth-order valence-electron chi connectivity index (χ4n) is 5.39. The number of primary amides is 1. The van der Waals surface area contributed by atoms with Gasteiger partial charge in [0.1, 0.15) is 5.84 Å². The number of hydrogen-bond acceptors (Lipinski definition) is 6. The maximum atomic E-state index is 14.1. The minimum absolute atomic E-state index is 0.0290. The van der Waals surface area contributed by atoms with E-state index >= 15 is 0 Å². The van der Waals surface area contributed by atoms with Gasteiger partial charge in [0, 0.05) is 17.1 Å². The van der Waals surface area contributed by atoms with Crippen molar-refractivity contribution in [1.29, 1.82) is 0 Å². The standard InChI is InChI=1S/C32H36ClN5O4/c1-17-12-24(29(35)39)13-18(2)26(17)15-27(34)31(40)38(16-21-6-5-7-23(14-21)32(41)42)20(4)30-36-19(3)28(37-30)22-8-10-25(33)11-9-22/h5-14,19-20,27-28H,15-16,34H2,1-4H3,(H2,35,39)(H,36,37)(H,41,42)/t19?,20-,27-,28?/m0/s1. The van der Waals surface area contributed by atoms with Crippen LogP contribution < -0.4 is 16.8 Å². The molecule has 42 heavy (non-hydrogen) atoms. The van der Waals surface area contributed by atoms with Gasteiger partial charge in [-0.15, -0.1) is 0 Å². The summed E-state index contributed by atoms with van der Waals surface area (Å²) in [5.41, 5.74) is 16.7. The van der Waals surface area contributed by atoms with Crippen LogP contribution in [0.1, 0.15) is 68.4 Å². The second-order valence-corrected chi connectivity index (χ2v) is 11.3. The van der Waals surface area contributed by atoms with E-state index < -0.39 is 24.0 Å². The van der Waals surface area contributed by atoms with Crippen LogP contribution >= 0.6 is 11.6 Å². The van der Waals surface area contributed by atoms with Crippen molar-refractivity contribution in [2.75, 3.05) is 0 Å². The van der Waals surface area contributed by atoms with Crippen molar-refractivity contribution in [3.8, 4) is 0 Å². The Bertz CT molecular complexity index is 1520. The number of aliphatic imine (C=N–C) groups is 1. The van der Waals surface area contributed by atoms with Gasteiger partial charge >= 0.3 is 5.97 Å². The van der Waals surface area contributed by atoms with Gasteiger partial charge in [-0.3, -0.25) is 14.6 Å². The molecule has 0 radical (unpaired) electrons. The Kier molecular flexibility index (Phi) is 9.33. The van der Waals surface area contributed by atoms with Gasteiger partial charge in [0.25, 0.3) is 0 Å². The second-order valence-electron chi connectivity index (χ2n) is 10.9. The number of carboxylic acids is 1. The summed E-state index contributed by atoms with van der Waals surface area (Å²) >= 11 is 6.08. The summed E-state index contributed by atoms with van der Waals surface area (Å²) in [7, 11) is 0. The maximum Gasteiger partial charge on any atom is 0.335 e. The smallest absolute Gasteiger partial charge is 0.335 e. The minimum Gasteiger partial charge on any atom is -0.478 e. The van der Waals surface area contributed by atoms with Crippen LogP contribution in [0.4, 0.5) is 0 Å². The molecule has 1 heterocycles. The highest BCUT2D eigenvalue weighted by atomic mass is 35.5. The number of hydrogen-bond donors (Lipinski definition) is 4. The van der Waals surface area contributed by atoms with Crippen LogP contribution in [-0.4, -0.2) is 51.8 Å². The Hall–Kier alpha value is -4.21. The Labute approximate surface area is 250 Å². The van der Waals surface area contributed by atoms with Crippen molar-refractivity contribution < 1.29 is 19.5 Å². The van der Waals surface area contributed by atoms with E-state index in [2.05, 4.69) is 5.32 Å². The molecule has 9 nitrogen and oxygen atoms in total. The summed E-state index contributed by atoms with van der Waals surface area (Å²) in [6.45, 7) is 7.76. The average Bonchev–Trinajstić information content (AvgIpc) is 3.34. The molecule has 3 aromatic rings. The monoisotopic (exact) mass is 589 g/mol. The largest absolute Gasteiger partial charge is 0.478 e. The first-order valence-electron chi connectivity index (χ1n) is 13.7. The highest BCUT2D eigenvalue weighted by Crippen LogP contribution is 2.28. The van der Waals surface area contributed by atoms with Gasteiger partial charge in [-0.05, 0) is 98.3 Å². The van der Waals surface area contributed by atoms with Crippen LogP contribution in [0.25, 0.3) is 0 Å². The molecular weight excluding hydrogens is 554 g/mol. The minimum atomic E-state index is -1.05. The first kappa shape index (κ1) is 30.7. The second kappa shape index (κ2) is 12.8. The third-order valence-corrected chi connectivity index (χ3v) is 7.99. The average molecular weight is 590 g/mol. The predicted molar refractivity (Wildman–Crippen MR) is 164 cm³/mol. The van der Waals surface area contributed by atoms with E-state index in [9.17, 15) is 19.5 Å². The van der Waals surface area contributed by atoms with E-state index in [0.717, 1.165) is 22.3 Å². The number of nitrogens with zero attached hydrogens (tertiary/aromatic N) is 2. The normalized spacial score (nSPS) is 17.6. The van der Waals surface area contributed by atoms with E-state index in [1.54, 1.807) is 35.2 Å². The van der Waals surface area contributed by atoms with Gasteiger partial charge < -0.3 is 26.8 Å². The number of halogens is 1. The number of carbonyl (C=O) groups excluding carboxylic acids is 2. The summed E-state index contributed by atoms with van der Waals surface area (Å²) in [5.74, 6) is -1.25. The van der Waals surface area contributed by atoms with Crippen LogP contribution in [0.2, 0.25) is 5.02 Å². The number of aromatic carboxylic acids is 1. The highest BCUT2D eigenvalue weighted by molar-refractivity contribution is 6.30. The summed E-state index contributed by atoms with van der Waals surface area (Å²) < 4.78 is 0. The molecule has 0 spiro atoms. The Balaban J connectivity index is 1.65. The number of rotatable bonds is 10. The fraction of sp³-hybridized carbons (Fsp3) is 0.312. The quantitative estimate of drug-likeness (QED) is 0.279. The maximum absolute atomic E-state index is 14.1. The van der Waals surface area contributed by atoms with Gasteiger partial charge in [-0.2, -0.15) is 0 Å². The van der Waals surface area contributed by atoms with Crippen molar-refractivity contribution in [2.24, 2.45) is 16.5 Å². The van der Waals surface area contributed by atoms with E-state index in [1.807, 2.05) is 52.0 Å². The molecule has 220 valence electrons. The van der Waals surface area contributed by atoms with Crippen molar-refractivity contribution in [1.82, 2.24) is 10.2 Å². The molecule has 0 saturated carbocycles. The fourth-order valence-corrected chi connectivity index (χ4v) is 5.52. The van der Waals surface area contributed by atoms with Crippen molar-refractivity contribution in [3.05, 3.63) is 105 Å². The molecule has 0 saturated heterocycles. The van der Waals surface area contributed by atoms with Crippen LogP contribution in [0.3, 0.4) is 0 Å². The third kappa shape index (κ3) is 6.80. The molecule has 10 heteroatoms. The Morgan fingerprint density at radius 2 is 1.69 bits per heavy atom. The zero-order chi connectivity index (χ0) is 30.7. The zero-order valence-corrected chi connectivity index (χ0v) is 24.9. The molecule has 1 aliphatic heterocycles. The molecule has 4 rings (SSSR count). The topological polar surface area (TPSA) is 151 Å². The number of nitrogens with two attached hydrogens (primary N) is 2. The molecule has 6 N–H and O–H groups in total. The molecule has 3 aromatic carbocycles. The summed E-state index contributed by atoms with van der Waals surface area (Å²) in [6.07, 6.45) is 0.248. The lowest BCUT2D eigenvalue weighted by Crippen LogP contribution is -2.53. The number of amides is 2. The molecule has 4 atom stereocenters. The molecule has 0 aromatic heterocycles. The lowest BCUT2D eigenvalue weighted by atomic mass is 9.93. The zero-order valence-electron chi connectivity index (χ0n) is 24.1. The van der Waals surface area contributed by atoms with Gasteiger partial charge in [0.15, 0.2) is 0 Å².